The van der Waals surface area contributed by atoms with Crippen molar-refractivity contribution in [3.05, 3.63) is 57.4 Å². The van der Waals surface area contributed by atoms with E-state index >= 15 is 0 Å². The van der Waals surface area contributed by atoms with Gasteiger partial charge in [0.1, 0.15) is 11.4 Å². The van der Waals surface area contributed by atoms with Gasteiger partial charge in [0, 0.05) is 12.8 Å². The molecule has 1 unspecified atom stereocenters. The van der Waals surface area contributed by atoms with Crippen molar-refractivity contribution in [3.63, 3.8) is 0 Å². The van der Waals surface area contributed by atoms with E-state index in [9.17, 15) is 9.59 Å². The number of aromatic nitrogens is 3. The fraction of sp³-hybridized carbons (Fsp3) is 0.316. The number of benzene rings is 1. The highest BCUT2D eigenvalue weighted by Crippen LogP contribution is 2.27. The third kappa shape index (κ3) is 2.90. The van der Waals surface area contributed by atoms with E-state index in [0.717, 1.165) is 18.4 Å². The van der Waals surface area contributed by atoms with Gasteiger partial charge in [-0.15, -0.1) is 0 Å². The minimum absolute atomic E-state index is 0.0379. The molecule has 0 bridgehead atoms. The molecule has 0 saturated carbocycles. The lowest BCUT2D eigenvalue weighted by molar-refractivity contribution is 0.0967. The standard InChI is InChI=1S/C19H19N3O4/c1-25-13-5-2-4-12(10-13)15-7-8-20-17-16(15)18(23)21-19(24)22(17)11-14-6-3-9-26-14/h2,4-5,7-8,10,14H,3,6,9,11H2,1H3,(H,21,23,24). The van der Waals surface area contributed by atoms with Crippen LogP contribution < -0.4 is 16.0 Å². The Morgan fingerprint density at radius 2 is 2.23 bits per heavy atom. The zero-order chi connectivity index (χ0) is 18.1. The molecule has 3 aromatic rings. The Balaban J connectivity index is 1.93. The van der Waals surface area contributed by atoms with Crippen molar-refractivity contribution in [2.45, 2.75) is 25.5 Å². The second-order valence-corrected chi connectivity index (χ2v) is 6.29. The van der Waals surface area contributed by atoms with Gasteiger partial charge in [0.15, 0.2) is 0 Å². The molecule has 2 aromatic heterocycles. The van der Waals surface area contributed by atoms with E-state index in [1.807, 2.05) is 24.3 Å². The molecule has 1 aliphatic rings. The van der Waals surface area contributed by atoms with Crippen LogP contribution in [0.4, 0.5) is 0 Å². The van der Waals surface area contributed by atoms with Crippen molar-refractivity contribution in [2.24, 2.45) is 0 Å². The molecular formula is C19H19N3O4. The van der Waals surface area contributed by atoms with Crippen LogP contribution in [0.2, 0.25) is 0 Å². The van der Waals surface area contributed by atoms with Crippen LogP contribution in [0.5, 0.6) is 5.75 Å². The number of nitrogens with zero attached hydrogens (tertiary/aromatic N) is 2. The summed E-state index contributed by atoms with van der Waals surface area (Å²) < 4.78 is 12.4. The summed E-state index contributed by atoms with van der Waals surface area (Å²) in [4.78, 5) is 31.7. The van der Waals surface area contributed by atoms with Gasteiger partial charge in [0.2, 0.25) is 0 Å². The zero-order valence-electron chi connectivity index (χ0n) is 14.4. The van der Waals surface area contributed by atoms with Crippen molar-refractivity contribution < 1.29 is 9.47 Å². The first-order chi connectivity index (χ1) is 12.7. The summed E-state index contributed by atoms with van der Waals surface area (Å²) in [6, 6.07) is 9.21. The van der Waals surface area contributed by atoms with Gasteiger partial charge in [-0.1, -0.05) is 12.1 Å². The monoisotopic (exact) mass is 353 g/mol. The van der Waals surface area contributed by atoms with E-state index in [-0.39, 0.29) is 6.10 Å². The van der Waals surface area contributed by atoms with E-state index in [1.54, 1.807) is 19.4 Å². The van der Waals surface area contributed by atoms with E-state index in [1.165, 1.54) is 4.57 Å². The molecular weight excluding hydrogens is 334 g/mol. The highest BCUT2D eigenvalue weighted by molar-refractivity contribution is 5.92. The van der Waals surface area contributed by atoms with Gasteiger partial charge in [-0.3, -0.25) is 14.3 Å². The lowest BCUT2D eigenvalue weighted by Crippen LogP contribution is -2.34. The summed E-state index contributed by atoms with van der Waals surface area (Å²) in [5, 5.41) is 0.387. The van der Waals surface area contributed by atoms with Crippen LogP contribution in [0.25, 0.3) is 22.2 Å². The van der Waals surface area contributed by atoms with Crippen LogP contribution in [0.15, 0.2) is 46.1 Å². The summed E-state index contributed by atoms with van der Waals surface area (Å²) in [5.41, 5.74) is 0.989. The van der Waals surface area contributed by atoms with Gasteiger partial charge in [-0.05, 0) is 42.2 Å². The Labute approximate surface area is 149 Å². The number of ether oxygens (including phenoxy) is 2. The SMILES string of the molecule is COc1cccc(-c2ccnc3c2c(=O)[nH]c(=O)n3CC2CCCO2)c1. The van der Waals surface area contributed by atoms with Crippen LogP contribution in [0, 0.1) is 0 Å². The van der Waals surface area contributed by atoms with E-state index < -0.39 is 11.2 Å². The van der Waals surface area contributed by atoms with Crippen LogP contribution in [0.1, 0.15) is 12.8 Å². The molecule has 1 saturated heterocycles. The third-order valence-electron chi connectivity index (χ3n) is 4.67. The smallest absolute Gasteiger partial charge is 0.330 e. The maximum atomic E-state index is 12.6. The number of fused-ring (bicyclic) bond motifs is 1. The van der Waals surface area contributed by atoms with Crippen molar-refractivity contribution in [1.29, 1.82) is 0 Å². The molecule has 0 radical (unpaired) electrons. The van der Waals surface area contributed by atoms with E-state index in [0.29, 0.717) is 35.5 Å². The quantitative estimate of drug-likeness (QED) is 0.775. The van der Waals surface area contributed by atoms with Gasteiger partial charge < -0.3 is 9.47 Å². The van der Waals surface area contributed by atoms with Crippen molar-refractivity contribution in [1.82, 2.24) is 14.5 Å². The predicted octanol–water partition coefficient (Wildman–Crippen LogP) is 1.94. The molecule has 4 rings (SSSR count). The fourth-order valence-electron chi connectivity index (χ4n) is 3.40. The summed E-state index contributed by atoms with van der Waals surface area (Å²) in [6.07, 6.45) is 3.44. The highest BCUT2D eigenvalue weighted by Gasteiger charge is 2.20. The Hall–Kier alpha value is -2.93. The lowest BCUT2D eigenvalue weighted by atomic mass is 10.0. The average Bonchev–Trinajstić information content (AvgIpc) is 3.18. The van der Waals surface area contributed by atoms with Crippen molar-refractivity contribution in [3.8, 4) is 16.9 Å². The van der Waals surface area contributed by atoms with Gasteiger partial charge in [0.25, 0.3) is 5.56 Å². The lowest BCUT2D eigenvalue weighted by Gasteiger charge is -2.14. The molecule has 7 heteroatoms. The minimum atomic E-state index is -0.465. The molecule has 134 valence electrons. The maximum absolute atomic E-state index is 12.6. The van der Waals surface area contributed by atoms with Gasteiger partial charge in [-0.25, -0.2) is 9.78 Å². The first-order valence-corrected chi connectivity index (χ1v) is 8.55. The molecule has 3 heterocycles. The van der Waals surface area contributed by atoms with Gasteiger partial charge >= 0.3 is 5.69 Å². The summed E-state index contributed by atoms with van der Waals surface area (Å²) in [5.74, 6) is 0.691. The molecule has 1 aromatic carbocycles. The molecule has 0 spiro atoms. The number of hydrogen-bond acceptors (Lipinski definition) is 5. The van der Waals surface area contributed by atoms with Crippen LogP contribution in [-0.2, 0) is 11.3 Å². The second kappa shape index (κ2) is 6.76. The number of rotatable bonds is 4. The number of aromatic amines is 1. The number of hydrogen-bond donors (Lipinski definition) is 1. The molecule has 1 N–H and O–H groups in total. The molecule has 7 nitrogen and oxygen atoms in total. The zero-order valence-corrected chi connectivity index (χ0v) is 14.4. The molecule has 1 fully saturated rings. The highest BCUT2D eigenvalue weighted by atomic mass is 16.5. The Kier molecular flexibility index (Phi) is 4.30. The average molecular weight is 353 g/mol. The first-order valence-electron chi connectivity index (χ1n) is 8.55. The number of pyridine rings is 1. The summed E-state index contributed by atoms with van der Waals surface area (Å²) in [7, 11) is 1.59. The topological polar surface area (TPSA) is 86.2 Å². The first kappa shape index (κ1) is 16.5. The molecule has 1 aliphatic heterocycles. The Morgan fingerprint density at radius 3 is 3.00 bits per heavy atom. The van der Waals surface area contributed by atoms with Crippen LogP contribution in [0.3, 0.4) is 0 Å². The number of H-pyrrole nitrogens is 1. The fourth-order valence-corrected chi connectivity index (χ4v) is 3.40. The number of methoxy groups -OCH3 is 1. The van der Waals surface area contributed by atoms with Gasteiger partial charge in [-0.2, -0.15) is 0 Å². The van der Waals surface area contributed by atoms with E-state index in [2.05, 4.69) is 9.97 Å². The maximum Gasteiger partial charge on any atom is 0.330 e. The van der Waals surface area contributed by atoms with Crippen molar-refractivity contribution in [2.75, 3.05) is 13.7 Å². The van der Waals surface area contributed by atoms with Crippen molar-refractivity contribution >= 4 is 11.0 Å². The number of nitrogens with one attached hydrogen (secondary N) is 1. The summed E-state index contributed by atoms with van der Waals surface area (Å²) >= 11 is 0. The van der Waals surface area contributed by atoms with E-state index in [4.69, 9.17) is 9.47 Å². The molecule has 0 amide bonds. The second-order valence-electron chi connectivity index (χ2n) is 6.29. The largest absolute Gasteiger partial charge is 0.497 e. The molecule has 26 heavy (non-hydrogen) atoms. The van der Waals surface area contributed by atoms with Gasteiger partial charge in [0.05, 0.1) is 25.1 Å². The Bertz CT molecular complexity index is 1060. The van der Waals surface area contributed by atoms with Crippen LogP contribution >= 0.6 is 0 Å². The summed E-state index contributed by atoms with van der Waals surface area (Å²) in [6.45, 7) is 1.07. The Morgan fingerprint density at radius 1 is 1.35 bits per heavy atom. The van der Waals surface area contributed by atoms with Crippen LogP contribution in [-0.4, -0.2) is 34.4 Å². The third-order valence-corrected chi connectivity index (χ3v) is 4.67. The molecule has 0 aliphatic carbocycles. The molecule has 1 atom stereocenters. The minimum Gasteiger partial charge on any atom is -0.497 e. The normalized spacial score (nSPS) is 16.9. The predicted molar refractivity (Wildman–Crippen MR) is 97.6 cm³/mol.